The zero-order valence-corrected chi connectivity index (χ0v) is 34.0. The normalized spacial score (nSPS) is 23.3. The number of hydrogen-bond acceptors (Lipinski definition) is 17. The van der Waals surface area contributed by atoms with E-state index in [1.54, 1.807) is 6.92 Å². The summed E-state index contributed by atoms with van der Waals surface area (Å²) >= 11 is 0. The highest BCUT2D eigenvalue weighted by Gasteiger charge is 2.47. The number of nitrogens with one attached hydrogen (secondary N) is 3. The number of aliphatic hydroxyl groups is 4. The quantitative estimate of drug-likeness (QED) is 0.0233. The van der Waals surface area contributed by atoms with Gasteiger partial charge in [0.05, 0.1) is 44.6 Å². The molecule has 26 heteroatoms. The van der Waals surface area contributed by atoms with E-state index in [1.807, 2.05) is 6.92 Å². The molecule has 2 aliphatic rings. The smallest absolute Gasteiger partial charge is 0.407 e. The fourth-order valence-corrected chi connectivity index (χ4v) is 6.04. The first-order valence-electron chi connectivity index (χ1n) is 19.1. The predicted molar refractivity (Wildman–Crippen MR) is 210 cm³/mol. The van der Waals surface area contributed by atoms with Gasteiger partial charge in [-0.3, -0.25) is 4.79 Å². The minimum atomic E-state index is -1.78. The number of alkyl carbamates (subject to hydrolysis) is 2. The summed E-state index contributed by atoms with van der Waals surface area (Å²) in [6, 6.07) is -3.33. The maximum atomic E-state index is 12.7. The second-order valence-electron chi connectivity index (χ2n) is 14.0. The van der Waals surface area contributed by atoms with Crippen molar-refractivity contribution in [2.24, 2.45) is 44.8 Å². The summed E-state index contributed by atoms with van der Waals surface area (Å²) in [4.78, 5) is 68.6. The van der Waals surface area contributed by atoms with E-state index in [-0.39, 0.29) is 38.2 Å². The van der Waals surface area contributed by atoms with Crippen molar-refractivity contribution in [3.05, 3.63) is 23.7 Å². The number of hydrogen-bond donors (Lipinski definition) is 13. The monoisotopic (exact) mass is 877 g/mol. The molecule has 61 heavy (non-hydrogen) atoms. The number of aliphatic carboxylic acids is 2. The number of carboxylic acids is 2. The number of carboxylic acid groups (broad SMARTS) is 2. The molecule has 0 spiro atoms. The van der Waals surface area contributed by atoms with Crippen LogP contribution in [-0.4, -0.2) is 180 Å². The van der Waals surface area contributed by atoms with E-state index in [0.29, 0.717) is 26.1 Å². The van der Waals surface area contributed by atoms with E-state index in [0.717, 1.165) is 13.0 Å². The summed E-state index contributed by atoms with van der Waals surface area (Å²) in [5.41, 5.74) is 21.9. The Hall–Kier alpha value is -5.67. The molecule has 17 N–H and O–H groups in total. The molecule has 0 aromatic carbocycles. The average molecular weight is 878 g/mol. The van der Waals surface area contributed by atoms with Crippen LogP contribution in [0.4, 0.5) is 9.59 Å². The Morgan fingerprint density at radius 2 is 1.16 bits per heavy atom. The number of carbonyl (C=O) groups excluding carboxylic acids is 3. The molecule has 0 aromatic rings. The second-order valence-corrected chi connectivity index (χ2v) is 14.0. The first kappa shape index (κ1) is 51.5. The summed E-state index contributed by atoms with van der Waals surface area (Å²) in [6.45, 7) is 3.67. The van der Waals surface area contributed by atoms with Crippen LogP contribution in [0, 0.1) is 11.8 Å². The molecule has 0 fully saturated rings. The van der Waals surface area contributed by atoms with E-state index in [2.05, 4.69) is 25.9 Å². The summed E-state index contributed by atoms with van der Waals surface area (Å²) in [5.74, 6) is -6.10. The van der Waals surface area contributed by atoms with Gasteiger partial charge in [0.2, 0.25) is 17.4 Å². The molecule has 2 aliphatic heterocycles. The standard InChI is InChI=1S/C35H59N9O17/c1-16(4-8-56-10-6-40-34(54)60-27(21(48)14-45)26-17(2)19(43-32(36)37)12-23(58-26)30(50)51)5-9-57-11-7-41-35(55)61-28(22(49)15-46)29-25(42-18(3)47)20(44-33(38)39)13-24(59-29)31(52)53/h12-13,16-17,19-22,25-29,45-46,48-49H,4-11,14-15H2,1-3H3,(H,40,54)(H,41,55)(H,42,47)(H,50,51)(H,52,53)(H4,36,37,43)(H4,38,39,44)/t16?,17-,19+,20+,21-,22-,25-,26-,27-,28-,29-/m1/s1. The lowest BCUT2D eigenvalue weighted by Crippen LogP contribution is -2.61. The molecule has 0 aromatic heterocycles. The third kappa shape index (κ3) is 17.5. The molecule has 0 aliphatic carbocycles. The van der Waals surface area contributed by atoms with E-state index in [4.69, 9.17) is 51.4 Å². The van der Waals surface area contributed by atoms with Crippen LogP contribution in [0.15, 0.2) is 33.7 Å². The van der Waals surface area contributed by atoms with Crippen molar-refractivity contribution in [2.75, 3.05) is 52.7 Å². The lowest BCUT2D eigenvalue weighted by atomic mass is 9.87. The van der Waals surface area contributed by atoms with Crippen LogP contribution < -0.4 is 38.9 Å². The van der Waals surface area contributed by atoms with Gasteiger partial charge < -0.3 is 97.9 Å². The maximum Gasteiger partial charge on any atom is 0.407 e. The number of rotatable bonds is 25. The Balaban J connectivity index is 1.76. The molecule has 2 rings (SSSR count). The third-order valence-corrected chi connectivity index (χ3v) is 9.14. The van der Waals surface area contributed by atoms with Crippen LogP contribution in [0.5, 0.6) is 0 Å². The first-order chi connectivity index (χ1) is 28.8. The van der Waals surface area contributed by atoms with Gasteiger partial charge in [-0.05, 0) is 30.9 Å². The SMILES string of the molecule is CC(=O)N[C@H]1[C@H]([C@H](OC(=O)NCCOCCC(C)CCOCCNC(=O)O[C@@H]([C@@H]2OC(C(=O)O)=C[C@H](N=C(N)N)[C@H]2C)[C@H](O)CO)[C@H](O)CO)OC(C(=O)O)=C[C@@H]1N=C(N)N. The zero-order valence-electron chi connectivity index (χ0n) is 34.0. The van der Waals surface area contributed by atoms with Gasteiger partial charge in [-0.1, -0.05) is 13.8 Å². The summed E-state index contributed by atoms with van der Waals surface area (Å²) in [7, 11) is 0. The van der Waals surface area contributed by atoms with E-state index in [1.165, 1.54) is 6.08 Å². The van der Waals surface area contributed by atoms with Gasteiger partial charge >= 0.3 is 24.1 Å². The molecular formula is C35H59N9O17. The number of carbonyl (C=O) groups is 5. The fourth-order valence-electron chi connectivity index (χ4n) is 6.04. The third-order valence-electron chi connectivity index (χ3n) is 9.14. The Bertz CT molecular complexity index is 1590. The molecule has 1 unspecified atom stereocenters. The molecule has 2 heterocycles. The molecule has 0 bridgehead atoms. The van der Waals surface area contributed by atoms with Crippen LogP contribution >= 0.6 is 0 Å². The van der Waals surface area contributed by atoms with Crippen LogP contribution in [0.2, 0.25) is 0 Å². The topological polar surface area (TPSA) is 427 Å². The second kappa shape index (κ2) is 25.8. The lowest BCUT2D eigenvalue weighted by molar-refractivity contribution is -0.147. The van der Waals surface area contributed by atoms with Crippen molar-refractivity contribution in [1.29, 1.82) is 0 Å². The highest BCUT2D eigenvalue weighted by Crippen LogP contribution is 2.31. The Morgan fingerprint density at radius 1 is 0.738 bits per heavy atom. The number of nitrogens with zero attached hydrogens (tertiary/aromatic N) is 2. The molecular weight excluding hydrogens is 818 g/mol. The number of aliphatic imine (C=N–C) groups is 2. The van der Waals surface area contributed by atoms with E-state index >= 15 is 0 Å². The van der Waals surface area contributed by atoms with Gasteiger partial charge in [-0.2, -0.15) is 0 Å². The van der Waals surface area contributed by atoms with Crippen molar-refractivity contribution in [2.45, 2.75) is 88.4 Å². The first-order valence-corrected chi connectivity index (χ1v) is 19.1. The van der Waals surface area contributed by atoms with Crippen LogP contribution in [0.25, 0.3) is 0 Å². The van der Waals surface area contributed by atoms with Crippen molar-refractivity contribution < 1.29 is 83.0 Å². The molecule has 26 nitrogen and oxygen atoms in total. The molecule has 0 radical (unpaired) electrons. The number of nitrogens with two attached hydrogens (primary N) is 4. The van der Waals surface area contributed by atoms with Gasteiger partial charge in [0, 0.05) is 39.1 Å². The number of ether oxygens (including phenoxy) is 6. The number of aliphatic hydroxyl groups excluding tert-OH is 4. The maximum absolute atomic E-state index is 12.7. The van der Waals surface area contributed by atoms with Crippen molar-refractivity contribution in [3.8, 4) is 0 Å². The fraction of sp³-hybridized carbons (Fsp3) is 0.686. The van der Waals surface area contributed by atoms with Gasteiger partial charge in [0.25, 0.3) is 0 Å². The van der Waals surface area contributed by atoms with Gasteiger partial charge in [-0.15, -0.1) is 0 Å². The highest BCUT2D eigenvalue weighted by molar-refractivity contribution is 5.86. The van der Waals surface area contributed by atoms with Crippen molar-refractivity contribution >= 4 is 42.0 Å². The van der Waals surface area contributed by atoms with Crippen LogP contribution in [0.1, 0.15) is 33.6 Å². The van der Waals surface area contributed by atoms with Gasteiger partial charge in [0.1, 0.15) is 18.3 Å². The predicted octanol–water partition coefficient (Wildman–Crippen LogP) is -4.51. The summed E-state index contributed by atoms with van der Waals surface area (Å²) in [5, 5.41) is 66.7. The van der Waals surface area contributed by atoms with E-state index < -0.39 is 121 Å². The van der Waals surface area contributed by atoms with Gasteiger partial charge in [-0.25, -0.2) is 29.2 Å². The Morgan fingerprint density at radius 3 is 1.59 bits per heavy atom. The summed E-state index contributed by atoms with van der Waals surface area (Å²) < 4.78 is 32.8. The van der Waals surface area contributed by atoms with Crippen LogP contribution in [-0.2, 0) is 42.8 Å². The number of amides is 3. The minimum Gasteiger partial charge on any atom is -0.479 e. The Labute approximate surface area is 350 Å². The molecule has 3 amide bonds. The molecule has 0 saturated heterocycles. The van der Waals surface area contributed by atoms with Crippen molar-refractivity contribution in [1.82, 2.24) is 16.0 Å². The lowest BCUT2D eigenvalue weighted by Gasteiger charge is -2.39. The van der Waals surface area contributed by atoms with Gasteiger partial charge in [0.15, 0.2) is 30.2 Å². The number of guanidine groups is 2. The Kier molecular flexibility index (Phi) is 21.8. The zero-order chi connectivity index (χ0) is 45.8. The molecule has 0 saturated carbocycles. The van der Waals surface area contributed by atoms with Crippen LogP contribution in [0.3, 0.4) is 0 Å². The minimum absolute atomic E-state index is 0.00779. The van der Waals surface area contributed by atoms with E-state index in [9.17, 15) is 54.6 Å². The van der Waals surface area contributed by atoms with Crippen molar-refractivity contribution in [3.63, 3.8) is 0 Å². The molecule has 11 atom stereocenters. The summed E-state index contributed by atoms with van der Waals surface area (Å²) in [6.07, 6.45) is -8.06. The molecule has 346 valence electrons. The average Bonchev–Trinajstić information content (AvgIpc) is 3.18. The highest BCUT2D eigenvalue weighted by atomic mass is 16.6. The largest absolute Gasteiger partial charge is 0.479 e.